The van der Waals surface area contributed by atoms with Crippen LogP contribution in [0, 0.1) is 0 Å². The van der Waals surface area contributed by atoms with Gasteiger partial charge in [0.05, 0.1) is 0 Å². The van der Waals surface area contributed by atoms with Gasteiger partial charge in [-0.15, -0.1) is 14.0 Å². The summed E-state index contributed by atoms with van der Waals surface area (Å²) in [7, 11) is -14.8. The second kappa shape index (κ2) is 4.93. The number of aliphatic hydroxyl groups is 3. The van der Waals surface area contributed by atoms with Crippen molar-refractivity contribution in [2.45, 2.75) is 29.6 Å². The Bertz CT molecular complexity index is 1690. The van der Waals surface area contributed by atoms with Crippen LogP contribution in [0.25, 0.3) is 11.2 Å². The van der Waals surface area contributed by atoms with Crippen molar-refractivity contribution in [2.24, 2.45) is 0 Å². The molecule has 0 aliphatic carbocycles. The molecule has 11 bridgehead atoms. The molecule has 8 atom stereocenters. The summed E-state index contributed by atoms with van der Waals surface area (Å²) in [6.45, 7) is 0. The Morgan fingerprint density at radius 2 is 1.66 bits per heavy atom. The van der Waals surface area contributed by atoms with E-state index in [4.69, 9.17) is 41.2 Å². The van der Waals surface area contributed by atoms with Crippen molar-refractivity contribution in [2.75, 3.05) is 5.23 Å². The third-order valence-corrected chi connectivity index (χ3v) is 9.80. The maximum absolute atomic E-state index is 13.5. The molecule has 8 unspecified atom stereocenters. The molecule has 7 aliphatic rings. The molecule has 9 rings (SSSR count). The van der Waals surface area contributed by atoms with Crippen LogP contribution in [0.2, 0.25) is 0 Å². The van der Waals surface area contributed by atoms with E-state index in [1.165, 1.54) is 0 Å². The monoisotopic (exact) mass is 559 g/mol. The van der Waals surface area contributed by atoms with Gasteiger partial charge in [0, 0.05) is 0 Å². The molecule has 0 amide bonds. The van der Waals surface area contributed by atoms with E-state index < -0.39 is 81.7 Å². The Hall–Kier alpha value is -2.00. The number of aliphatic hydroxyl groups excluding tert-OH is 1. The normalized spacial score (nSPS) is 53.5. The maximum Gasteiger partial charge on any atom is 0.634 e. The third-order valence-electron chi connectivity index (χ3n) is 5.96. The predicted molar refractivity (Wildman–Crippen MR) is 89.6 cm³/mol. The lowest BCUT2D eigenvalue weighted by Crippen LogP contribution is -2.68. The number of aromatic nitrogens is 4. The van der Waals surface area contributed by atoms with Crippen LogP contribution < -0.4 is 19.9 Å². The number of hydrogen-bond acceptors (Lipinski definition) is 20. The van der Waals surface area contributed by atoms with E-state index in [1.54, 1.807) is 0 Å². The van der Waals surface area contributed by atoms with Gasteiger partial charge in [0.1, 0.15) is 0 Å². The van der Waals surface area contributed by atoms with Crippen molar-refractivity contribution in [3.8, 4) is 6.01 Å². The minimum Gasteiger partial charge on any atom is -0.363 e. The second-order valence-corrected chi connectivity index (χ2v) is 12.1. The number of anilines is 1. The van der Waals surface area contributed by atoms with Crippen molar-refractivity contribution in [1.29, 1.82) is 0 Å². The lowest BCUT2D eigenvalue weighted by Gasteiger charge is -2.37. The summed E-state index contributed by atoms with van der Waals surface area (Å²) in [5, 5.41) is 33.5. The standard InChI is InChI=1S/C10H4N5O17P3/c16-2-1-3-13-6(11-1)24-34(21)30-14(3)5(12-2)15(31-34)32-35(22)28-9(19)8(18)7(25-10(9,13)29-35)4(17)23-33(20,26-7)27-8/h4,17-19H. The number of fused-ring (bicyclic) bond motifs is 4. The molecule has 9 heterocycles. The summed E-state index contributed by atoms with van der Waals surface area (Å²) in [6, 6.07) is -0.915. The minimum absolute atomic E-state index is 0.0353. The minimum atomic E-state index is -5.28. The van der Waals surface area contributed by atoms with Gasteiger partial charge in [0.25, 0.3) is 11.7 Å². The number of imidazole rings is 1. The van der Waals surface area contributed by atoms with Gasteiger partial charge in [0.15, 0.2) is 11.2 Å². The first kappa shape index (κ1) is 20.1. The number of ether oxygens (including phenoxy) is 1. The fourth-order valence-corrected chi connectivity index (χ4v) is 8.96. The zero-order valence-corrected chi connectivity index (χ0v) is 18.4. The van der Waals surface area contributed by atoms with Crippen LogP contribution >= 0.6 is 23.5 Å². The first-order valence-electron chi connectivity index (χ1n) is 9.09. The molecule has 25 heteroatoms. The summed E-state index contributed by atoms with van der Waals surface area (Å²) in [5.41, 5.74) is -2.28. The maximum atomic E-state index is 13.5. The highest BCUT2D eigenvalue weighted by atomic mass is 31.2. The number of phosphoric acid groups is 3. The summed E-state index contributed by atoms with van der Waals surface area (Å²) in [5.74, 6) is -14.2. The topological polar surface area (TPSA) is 260 Å². The molecule has 2 aromatic heterocycles. The van der Waals surface area contributed by atoms with Crippen molar-refractivity contribution >= 4 is 40.6 Å². The van der Waals surface area contributed by atoms with E-state index in [9.17, 15) is 33.8 Å². The number of rotatable bonds is 0. The molecule has 2 aromatic rings. The van der Waals surface area contributed by atoms with Crippen LogP contribution in [0.4, 0.5) is 5.95 Å². The number of nitrogens with zero attached hydrogens (tertiary/aromatic N) is 5. The van der Waals surface area contributed by atoms with E-state index in [0.29, 0.717) is 9.30 Å². The predicted octanol–water partition coefficient (Wildman–Crippen LogP) is -2.41. The third kappa shape index (κ3) is 1.76. The van der Waals surface area contributed by atoms with Crippen molar-refractivity contribution < 1.29 is 74.8 Å². The van der Waals surface area contributed by atoms with Gasteiger partial charge in [-0.05, 0) is 0 Å². The van der Waals surface area contributed by atoms with Gasteiger partial charge in [-0.2, -0.15) is 9.97 Å². The van der Waals surface area contributed by atoms with Crippen LogP contribution in [0.15, 0.2) is 4.79 Å². The van der Waals surface area contributed by atoms with Crippen molar-refractivity contribution in [3.63, 3.8) is 0 Å². The molecule has 0 saturated carbocycles. The zero-order chi connectivity index (χ0) is 24.2. The first-order valence-corrected chi connectivity index (χ1v) is 13.5. The molecule has 35 heavy (non-hydrogen) atoms. The smallest absolute Gasteiger partial charge is 0.363 e. The zero-order valence-electron chi connectivity index (χ0n) is 15.7. The molecule has 4 fully saturated rings. The highest BCUT2D eigenvalue weighted by Gasteiger charge is 3.00. The first-order chi connectivity index (χ1) is 16.3. The summed E-state index contributed by atoms with van der Waals surface area (Å²) < 4.78 is 91.1. The Balaban J connectivity index is 1.47. The van der Waals surface area contributed by atoms with Gasteiger partial charge >= 0.3 is 52.5 Å². The lowest BCUT2D eigenvalue weighted by atomic mass is 9.97. The van der Waals surface area contributed by atoms with E-state index in [1.807, 2.05) is 0 Å². The van der Waals surface area contributed by atoms with Gasteiger partial charge in [-0.1, -0.05) is 5.23 Å². The average Bonchev–Trinajstić information content (AvgIpc) is 3.36. The fourth-order valence-electron chi connectivity index (χ4n) is 4.69. The largest absolute Gasteiger partial charge is 0.634 e. The number of phosphoric ester groups is 2. The Labute approximate surface area is 186 Å². The van der Waals surface area contributed by atoms with E-state index in [-0.39, 0.29) is 5.23 Å². The van der Waals surface area contributed by atoms with Gasteiger partial charge in [-0.3, -0.25) is 18.7 Å². The molecule has 7 aliphatic heterocycles. The summed E-state index contributed by atoms with van der Waals surface area (Å²) >= 11 is 0. The molecule has 186 valence electrons. The quantitative estimate of drug-likeness (QED) is 0.284. The molecule has 4 saturated heterocycles. The van der Waals surface area contributed by atoms with E-state index >= 15 is 0 Å². The van der Waals surface area contributed by atoms with Gasteiger partial charge in [0.2, 0.25) is 6.29 Å². The fraction of sp³-hybridized carbons (Fsp3) is 0.500. The summed E-state index contributed by atoms with van der Waals surface area (Å²) in [4.78, 5) is 20.1. The molecule has 2 spiro atoms. The lowest BCUT2D eigenvalue weighted by molar-refractivity contribution is -0.381. The van der Waals surface area contributed by atoms with Crippen LogP contribution in [-0.2, 0) is 56.2 Å². The van der Waals surface area contributed by atoms with Crippen molar-refractivity contribution in [3.05, 3.63) is 10.4 Å². The molecule has 0 aromatic carbocycles. The molecular weight excluding hydrogens is 555 g/mol. The molecule has 3 N–H and O–H groups in total. The second-order valence-electron chi connectivity index (χ2n) is 7.81. The molecule has 22 nitrogen and oxygen atoms in total. The van der Waals surface area contributed by atoms with Crippen LogP contribution in [0.1, 0.15) is 0 Å². The highest BCUT2D eigenvalue weighted by Crippen LogP contribution is 2.84. The Morgan fingerprint density at radius 1 is 0.914 bits per heavy atom. The van der Waals surface area contributed by atoms with E-state index in [0.717, 1.165) is 0 Å². The Kier molecular flexibility index (Phi) is 2.83. The number of hydrogen-bond donors (Lipinski definition) is 3. The van der Waals surface area contributed by atoms with Crippen LogP contribution in [0.3, 0.4) is 0 Å². The van der Waals surface area contributed by atoms with E-state index in [2.05, 4.69) is 14.5 Å². The highest BCUT2D eigenvalue weighted by molar-refractivity contribution is 7.50. The molecular formula is C10H4N5O17P3. The van der Waals surface area contributed by atoms with Crippen LogP contribution in [-0.4, -0.2) is 58.2 Å². The molecule has 0 radical (unpaired) electrons. The Morgan fingerprint density at radius 3 is 2.43 bits per heavy atom. The van der Waals surface area contributed by atoms with Crippen LogP contribution in [0.5, 0.6) is 6.01 Å². The SMILES string of the molecule is O=c1nc2n3c4c1nc1n4C45OC67OP(=O)(OC6O)OC7(O)C4(O)OP(=O)(ON2OP(=O)(O1)O3)O5. The average molecular weight is 559 g/mol. The van der Waals surface area contributed by atoms with Gasteiger partial charge < -0.3 is 19.8 Å². The summed E-state index contributed by atoms with van der Waals surface area (Å²) in [6.07, 6.45) is -2.42. The van der Waals surface area contributed by atoms with Crippen molar-refractivity contribution in [1.82, 2.24) is 19.3 Å². The van der Waals surface area contributed by atoms with Gasteiger partial charge in [-0.25, -0.2) is 36.4 Å².